The van der Waals surface area contributed by atoms with Gasteiger partial charge >= 0.3 is 0 Å². The zero-order valence-corrected chi connectivity index (χ0v) is 32.6. The highest BCUT2D eigenvalue weighted by atomic mass is 15.1. The van der Waals surface area contributed by atoms with Crippen LogP contribution < -0.4 is 4.90 Å². The smallest absolute Gasteiger partial charge is 0.0462 e. The van der Waals surface area contributed by atoms with E-state index in [0.717, 1.165) is 17.1 Å². The van der Waals surface area contributed by atoms with Crippen LogP contribution in [0.15, 0.2) is 249 Å². The summed E-state index contributed by atoms with van der Waals surface area (Å²) in [5.41, 5.74) is 17.8. The number of hydrogen-bond acceptors (Lipinski definition) is 1. The van der Waals surface area contributed by atoms with Crippen molar-refractivity contribution in [2.45, 2.75) is 0 Å². The normalized spacial score (nSPS) is 11.1. The van der Waals surface area contributed by atoms with Crippen LogP contribution in [0.25, 0.3) is 77.5 Å². The van der Waals surface area contributed by atoms with Crippen LogP contribution in [0.1, 0.15) is 0 Å². The molecule has 0 aliphatic carbocycles. The third-order valence-corrected chi connectivity index (χ3v) is 11.3. The third kappa shape index (κ3) is 7.34. The van der Waals surface area contributed by atoms with E-state index in [1.807, 2.05) is 0 Å². The van der Waals surface area contributed by atoms with Crippen LogP contribution in [0.2, 0.25) is 0 Å². The number of rotatable bonds is 9. The van der Waals surface area contributed by atoms with E-state index in [1.165, 1.54) is 77.5 Å². The Morgan fingerprint density at radius 2 is 0.441 bits per heavy atom. The monoisotopic (exact) mass is 751 g/mol. The second-order valence-corrected chi connectivity index (χ2v) is 14.9. The highest BCUT2D eigenvalue weighted by Gasteiger charge is 2.16. The molecule has 1 nitrogen and oxygen atoms in total. The summed E-state index contributed by atoms with van der Waals surface area (Å²) in [7, 11) is 0. The van der Waals surface area contributed by atoms with Crippen molar-refractivity contribution in [3.63, 3.8) is 0 Å². The number of anilines is 3. The Morgan fingerprint density at radius 1 is 0.186 bits per heavy atom. The van der Waals surface area contributed by atoms with E-state index in [2.05, 4.69) is 254 Å². The average molecular weight is 752 g/mol. The Morgan fingerprint density at radius 3 is 0.780 bits per heavy atom. The van der Waals surface area contributed by atoms with E-state index in [-0.39, 0.29) is 0 Å². The molecule has 0 atom stereocenters. The summed E-state index contributed by atoms with van der Waals surface area (Å²) < 4.78 is 0. The minimum absolute atomic E-state index is 1.10. The molecule has 59 heavy (non-hydrogen) atoms. The first-order valence-corrected chi connectivity index (χ1v) is 20.2. The highest BCUT2D eigenvalue weighted by molar-refractivity contribution is 6.06. The zero-order chi connectivity index (χ0) is 39.4. The molecule has 1 heteroatoms. The maximum Gasteiger partial charge on any atom is 0.0462 e. The van der Waals surface area contributed by atoms with Crippen molar-refractivity contribution >= 4 is 27.8 Å². The predicted molar refractivity (Wildman–Crippen MR) is 251 cm³/mol. The van der Waals surface area contributed by atoms with Gasteiger partial charge < -0.3 is 4.90 Å². The van der Waals surface area contributed by atoms with Gasteiger partial charge in [-0.1, -0.05) is 212 Å². The number of benzene rings is 10. The first-order valence-electron chi connectivity index (χ1n) is 20.2. The summed E-state index contributed by atoms with van der Waals surface area (Å²) in [4.78, 5) is 2.35. The number of hydrogen-bond donors (Lipinski definition) is 0. The largest absolute Gasteiger partial charge is 0.311 e. The van der Waals surface area contributed by atoms with Gasteiger partial charge in [-0.05, 0) is 114 Å². The summed E-state index contributed by atoms with van der Waals surface area (Å²) >= 11 is 0. The molecule has 0 aliphatic rings. The topological polar surface area (TPSA) is 3.24 Å². The maximum absolute atomic E-state index is 2.35. The Bertz CT molecular complexity index is 2950. The molecule has 0 bridgehead atoms. The Hall–Kier alpha value is -7.74. The molecule has 278 valence electrons. The van der Waals surface area contributed by atoms with Crippen molar-refractivity contribution in [1.29, 1.82) is 0 Å². The van der Waals surface area contributed by atoms with Gasteiger partial charge in [-0.2, -0.15) is 0 Å². The van der Waals surface area contributed by atoms with Gasteiger partial charge in [0, 0.05) is 17.1 Å². The van der Waals surface area contributed by atoms with Crippen molar-refractivity contribution in [3.05, 3.63) is 249 Å². The molecule has 0 spiro atoms. The maximum atomic E-state index is 2.35. The molecule has 0 unspecified atom stereocenters. The molecule has 0 amide bonds. The lowest BCUT2D eigenvalue weighted by Gasteiger charge is -2.26. The van der Waals surface area contributed by atoms with Crippen LogP contribution in [0.3, 0.4) is 0 Å². The lowest BCUT2D eigenvalue weighted by molar-refractivity contribution is 1.28. The molecular weight excluding hydrogens is 711 g/mol. The SMILES string of the molecule is c1ccc(-c2ccc(-c3ccc(-c4ccc(N(c5ccc(-c6ccccc6)cc5)c5ccc(-c6cccc7cccc(-c8ccccc8)c67)cc5)cc4)cc3)cc2)cc1. The van der Waals surface area contributed by atoms with Crippen molar-refractivity contribution < 1.29 is 0 Å². The summed E-state index contributed by atoms with van der Waals surface area (Å²) in [5.74, 6) is 0. The van der Waals surface area contributed by atoms with Crippen LogP contribution in [0.4, 0.5) is 17.1 Å². The van der Waals surface area contributed by atoms with Gasteiger partial charge in [-0.15, -0.1) is 0 Å². The fourth-order valence-electron chi connectivity index (χ4n) is 8.25. The quantitative estimate of drug-likeness (QED) is 0.142. The average Bonchev–Trinajstić information content (AvgIpc) is 3.33. The van der Waals surface area contributed by atoms with Crippen molar-refractivity contribution in [2.24, 2.45) is 0 Å². The second-order valence-electron chi connectivity index (χ2n) is 14.9. The number of nitrogens with zero attached hydrogens (tertiary/aromatic N) is 1. The summed E-state index contributed by atoms with van der Waals surface area (Å²) in [6.45, 7) is 0. The van der Waals surface area contributed by atoms with Gasteiger partial charge in [0.05, 0.1) is 0 Å². The fourth-order valence-corrected chi connectivity index (χ4v) is 8.25. The minimum atomic E-state index is 1.10. The van der Waals surface area contributed by atoms with E-state index in [0.29, 0.717) is 0 Å². The van der Waals surface area contributed by atoms with Gasteiger partial charge in [-0.25, -0.2) is 0 Å². The zero-order valence-electron chi connectivity index (χ0n) is 32.6. The van der Waals surface area contributed by atoms with Crippen LogP contribution in [-0.2, 0) is 0 Å². The van der Waals surface area contributed by atoms with E-state index in [9.17, 15) is 0 Å². The summed E-state index contributed by atoms with van der Waals surface area (Å²) in [5, 5.41) is 2.51. The molecule has 0 fully saturated rings. The minimum Gasteiger partial charge on any atom is -0.311 e. The molecule has 0 aliphatic heterocycles. The third-order valence-electron chi connectivity index (χ3n) is 11.3. The molecule has 0 aromatic heterocycles. The lowest BCUT2D eigenvalue weighted by atomic mass is 9.91. The van der Waals surface area contributed by atoms with Crippen molar-refractivity contribution in [1.82, 2.24) is 0 Å². The molecular formula is C58H41N. The molecule has 10 rings (SSSR count). The van der Waals surface area contributed by atoms with Crippen LogP contribution >= 0.6 is 0 Å². The van der Waals surface area contributed by atoms with Gasteiger partial charge in [0.15, 0.2) is 0 Å². The highest BCUT2D eigenvalue weighted by Crippen LogP contribution is 2.40. The van der Waals surface area contributed by atoms with Gasteiger partial charge in [0.1, 0.15) is 0 Å². The standard InChI is InChI=1S/C58H41N/c1-4-12-42(13-5-1)44-22-24-45(25-23-44)46-26-28-47(29-27-46)49-32-38-54(39-33-49)59(53-36-30-48(31-37-53)43-14-6-2-7-15-43)55-40-34-51(35-41-55)57-21-11-19-52-18-10-20-56(58(52)57)50-16-8-3-9-17-50/h1-41H. The fraction of sp³-hybridized carbons (Fsp3) is 0. The molecule has 10 aromatic rings. The molecule has 0 radical (unpaired) electrons. The van der Waals surface area contributed by atoms with Crippen LogP contribution in [0.5, 0.6) is 0 Å². The van der Waals surface area contributed by atoms with Gasteiger partial charge in [0.2, 0.25) is 0 Å². The van der Waals surface area contributed by atoms with E-state index in [4.69, 9.17) is 0 Å². The molecule has 0 N–H and O–H groups in total. The lowest BCUT2D eigenvalue weighted by Crippen LogP contribution is -2.09. The predicted octanol–water partition coefficient (Wildman–Crippen LogP) is 16.3. The van der Waals surface area contributed by atoms with E-state index >= 15 is 0 Å². The first kappa shape index (κ1) is 35.7. The van der Waals surface area contributed by atoms with E-state index < -0.39 is 0 Å². The van der Waals surface area contributed by atoms with Gasteiger partial charge in [-0.3, -0.25) is 0 Å². The number of fused-ring (bicyclic) bond motifs is 1. The molecule has 0 saturated heterocycles. The first-order chi connectivity index (χ1) is 29.2. The molecule has 0 saturated carbocycles. The molecule has 0 heterocycles. The van der Waals surface area contributed by atoms with Gasteiger partial charge in [0.25, 0.3) is 0 Å². The molecule has 10 aromatic carbocycles. The second kappa shape index (κ2) is 16.0. The van der Waals surface area contributed by atoms with Crippen molar-refractivity contribution in [2.75, 3.05) is 4.90 Å². The van der Waals surface area contributed by atoms with E-state index in [1.54, 1.807) is 0 Å². The Kier molecular flexibility index (Phi) is 9.68. The van der Waals surface area contributed by atoms with Crippen LogP contribution in [0, 0.1) is 0 Å². The summed E-state index contributed by atoms with van der Waals surface area (Å²) in [6.07, 6.45) is 0. The van der Waals surface area contributed by atoms with Crippen molar-refractivity contribution in [3.8, 4) is 66.8 Å². The Labute approximate surface area is 346 Å². The Balaban J connectivity index is 0.972. The van der Waals surface area contributed by atoms with Crippen LogP contribution in [-0.4, -0.2) is 0 Å². The summed E-state index contributed by atoms with van der Waals surface area (Å²) in [6, 6.07) is 89.6.